The number of amides is 2. The van der Waals surface area contributed by atoms with Gasteiger partial charge in [-0.05, 0) is 35.9 Å². The van der Waals surface area contributed by atoms with Crippen LogP contribution in [0.25, 0.3) is 0 Å². The predicted molar refractivity (Wildman–Crippen MR) is 78.7 cm³/mol. The third-order valence-electron chi connectivity index (χ3n) is 3.07. The Morgan fingerprint density at radius 3 is 2.21 bits per heavy atom. The summed E-state index contributed by atoms with van der Waals surface area (Å²) in [4.78, 5) is 22.9. The van der Waals surface area contributed by atoms with Gasteiger partial charge in [0.15, 0.2) is 0 Å². The standard InChI is InChI=1S/C16H12F4N2O2/c17-12-7-5-10(6-8-12)14(23)22-13-4-2-1-3-11(13)9-21-15(24)16(18,19)20/h1-8H,9H2,(H,21,24)(H,22,23). The summed E-state index contributed by atoms with van der Waals surface area (Å²) in [5.41, 5.74) is 0.727. The first-order valence-electron chi connectivity index (χ1n) is 6.77. The van der Waals surface area contributed by atoms with Gasteiger partial charge in [-0.1, -0.05) is 18.2 Å². The topological polar surface area (TPSA) is 58.2 Å². The van der Waals surface area contributed by atoms with Crippen LogP contribution >= 0.6 is 0 Å². The minimum absolute atomic E-state index is 0.186. The van der Waals surface area contributed by atoms with Gasteiger partial charge in [0.25, 0.3) is 5.91 Å². The normalized spacial score (nSPS) is 11.0. The van der Waals surface area contributed by atoms with Gasteiger partial charge in [0.1, 0.15) is 5.82 Å². The number of benzene rings is 2. The summed E-state index contributed by atoms with van der Waals surface area (Å²) < 4.78 is 49.5. The highest BCUT2D eigenvalue weighted by Gasteiger charge is 2.38. The van der Waals surface area contributed by atoms with Gasteiger partial charge in [0, 0.05) is 17.8 Å². The van der Waals surface area contributed by atoms with Gasteiger partial charge in [-0.3, -0.25) is 9.59 Å². The Labute approximate surface area is 134 Å². The molecule has 2 rings (SSSR count). The lowest BCUT2D eigenvalue weighted by Gasteiger charge is -2.13. The van der Waals surface area contributed by atoms with Crippen molar-refractivity contribution in [3.8, 4) is 0 Å². The summed E-state index contributed by atoms with van der Waals surface area (Å²) in [6.07, 6.45) is -4.98. The Balaban J connectivity index is 2.10. The summed E-state index contributed by atoms with van der Waals surface area (Å²) in [5.74, 6) is -3.12. The summed E-state index contributed by atoms with van der Waals surface area (Å²) in [5, 5.41) is 4.25. The van der Waals surface area contributed by atoms with Gasteiger partial charge < -0.3 is 10.6 Å². The van der Waals surface area contributed by atoms with Crippen molar-refractivity contribution in [3.63, 3.8) is 0 Å². The zero-order chi connectivity index (χ0) is 17.7. The molecule has 0 aliphatic heterocycles. The molecule has 126 valence electrons. The number of hydrogen-bond acceptors (Lipinski definition) is 2. The summed E-state index contributed by atoms with van der Waals surface area (Å²) in [7, 11) is 0. The van der Waals surface area contributed by atoms with Gasteiger partial charge in [-0.2, -0.15) is 13.2 Å². The number of halogens is 4. The van der Waals surface area contributed by atoms with Crippen molar-refractivity contribution < 1.29 is 27.2 Å². The highest BCUT2D eigenvalue weighted by molar-refractivity contribution is 6.04. The Kier molecular flexibility index (Phi) is 5.18. The van der Waals surface area contributed by atoms with Crippen molar-refractivity contribution in [3.05, 3.63) is 65.5 Å². The van der Waals surface area contributed by atoms with E-state index in [1.807, 2.05) is 0 Å². The maximum absolute atomic E-state index is 12.8. The van der Waals surface area contributed by atoms with Crippen LogP contribution in [0.15, 0.2) is 48.5 Å². The quantitative estimate of drug-likeness (QED) is 0.840. The van der Waals surface area contributed by atoms with Crippen molar-refractivity contribution in [2.24, 2.45) is 0 Å². The minimum Gasteiger partial charge on any atom is -0.344 e. The van der Waals surface area contributed by atoms with Crippen LogP contribution in [-0.4, -0.2) is 18.0 Å². The minimum atomic E-state index is -4.98. The number of anilines is 1. The van der Waals surface area contributed by atoms with E-state index in [0.717, 1.165) is 12.1 Å². The molecule has 2 amide bonds. The van der Waals surface area contributed by atoms with Crippen LogP contribution in [-0.2, 0) is 11.3 Å². The van der Waals surface area contributed by atoms with E-state index in [1.165, 1.54) is 24.3 Å². The van der Waals surface area contributed by atoms with Crippen LogP contribution in [0.5, 0.6) is 0 Å². The van der Waals surface area contributed by atoms with Crippen LogP contribution < -0.4 is 10.6 Å². The number of carbonyl (C=O) groups is 2. The van der Waals surface area contributed by atoms with Crippen LogP contribution in [0, 0.1) is 5.82 Å². The van der Waals surface area contributed by atoms with E-state index in [9.17, 15) is 27.2 Å². The first-order valence-corrected chi connectivity index (χ1v) is 6.77. The highest BCUT2D eigenvalue weighted by Crippen LogP contribution is 2.18. The molecule has 0 aliphatic carbocycles. The number of alkyl halides is 3. The molecular weight excluding hydrogens is 328 g/mol. The van der Waals surface area contributed by atoms with Gasteiger partial charge in [-0.25, -0.2) is 4.39 Å². The van der Waals surface area contributed by atoms with Crippen molar-refractivity contribution in [2.75, 3.05) is 5.32 Å². The molecule has 0 unspecified atom stereocenters. The fraction of sp³-hybridized carbons (Fsp3) is 0.125. The van der Waals surface area contributed by atoms with Gasteiger partial charge >= 0.3 is 12.1 Å². The van der Waals surface area contributed by atoms with Crippen LogP contribution in [0.1, 0.15) is 15.9 Å². The maximum Gasteiger partial charge on any atom is 0.471 e. The Morgan fingerprint density at radius 2 is 1.58 bits per heavy atom. The smallest absolute Gasteiger partial charge is 0.344 e. The van der Waals surface area contributed by atoms with E-state index >= 15 is 0 Å². The molecule has 0 fully saturated rings. The molecule has 0 aromatic heterocycles. The SMILES string of the molecule is O=C(Nc1ccccc1CNC(=O)C(F)(F)F)c1ccc(F)cc1. The first kappa shape index (κ1) is 17.5. The molecule has 8 heteroatoms. The van der Waals surface area contributed by atoms with Crippen molar-refractivity contribution >= 4 is 17.5 Å². The van der Waals surface area contributed by atoms with E-state index in [2.05, 4.69) is 5.32 Å². The molecule has 0 saturated heterocycles. The predicted octanol–water partition coefficient (Wildman–Crippen LogP) is 3.26. The van der Waals surface area contributed by atoms with E-state index in [4.69, 9.17) is 0 Å². The number of para-hydroxylation sites is 1. The molecule has 2 aromatic carbocycles. The monoisotopic (exact) mass is 340 g/mol. The third-order valence-corrected chi connectivity index (χ3v) is 3.07. The number of carbonyl (C=O) groups excluding carboxylic acids is 2. The molecule has 0 bridgehead atoms. The molecule has 0 radical (unpaired) electrons. The number of rotatable bonds is 4. The van der Waals surface area contributed by atoms with E-state index in [0.29, 0.717) is 5.56 Å². The number of nitrogens with one attached hydrogen (secondary N) is 2. The fourth-order valence-electron chi connectivity index (χ4n) is 1.87. The van der Waals surface area contributed by atoms with Crippen LogP contribution in [0.4, 0.5) is 23.2 Å². The van der Waals surface area contributed by atoms with Gasteiger partial charge in [0.2, 0.25) is 0 Å². The molecule has 4 nitrogen and oxygen atoms in total. The van der Waals surface area contributed by atoms with Gasteiger partial charge in [-0.15, -0.1) is 0 Å². The summed E-state index contributed by atoms with van der Waals surface area (Å²) in [6.45, 7) is -0.405. The molecule has 0 heterocycles. The largest absolute Gasteiger partial charge is 0.471 e. The average Bonchev–Trinajstić information content (AvgIpc) is 2.53. The van der Waals surface area contributed by atoms with Crippen molar-refractivity contribution in [1.82, 2.24) is 5.32 Å². The molecule has 2 N–H and O–H groups in total. The highest BCUT2D eigenvalue weighted by atomic mass is 19.4. The molecule has 0 spiro atoms. The molecule has 0 saturated carbocycles. The fourth-order valence-corrected chi connectivity index (χ4v) is 1.87. The molecule has 2 aromatic rings. The molecule has 0 atom stereocenters. The maximum atomic E-state index is 12.8. The second-order valence-electron chi connectivity index (χ2n) is 4.80. The Morgan fingerprint density at radius 1 is 0.958 bits per heavy atom. The second kappa shape index (κ2) is 7.12. The number of hydrogen-bond donors (Lipinski definition) is 2. The Bertz CT molecular complexity index is 742. The first-order chi connectivity index (χ1) is 11.3. The molecule has 0 aliphatic rings. The average molecular weight is 340 g/mol. The molecule has 24 heavy (non-hydrogen) atoms. The summed E-state index contributed by atoms with van der Waals surface area (Å²) >= 11 is 0. The Hall–Kier alpha value is -2.90. The second-order valence-corrected chi connectivity index (χ2v) is 4.80. The zero-order valence-corrected chi connectivity index (χ0v) is 12.2. The van der Waals surface area contributed by atoms with Crippen LogP contribution in [0.2, 0.25) is 0 Å². The van der Waals surface area contributed by atoms with Gasteiger partial charge in [0.05, 0.1) is 0 Å². The van der Waals surface area contributed by atoms with Crippen molar-refractivity contribution in [1.29, 1.82) is 0 Å². The lowest BCUT2D eigenvalue weighted by atomic mass is 10.1. The van der Waals surface area contributed by atoms with E-state index in [-0.39, 0.29) is 11.3 Å². The lowest BCUT2D eigenvalue weighted by molar-refractivity contribution is -0.173. The van der Waals surface area contributed by atoms with Crippen LogP contribution in [0.3, 0.4) is 0 Å². The summed E-state index contributed by atoms with van der Waals surface area (Å²) in [6, 6.07) is 10.9. The van der Waals surface area contributed by atoms with E-state index in [1.54, 1.807) is 17.4 Å². The zero-order valence-electron chi connectivity index (χ0n) is 12.2. The lowest BCUT2D eigenvalue weighted by Crippen LogP contribution is -2.36. The van der Waals surface area contributed by atoms with Crippen molar-refractivity contribution in [2.45, 2.75) is 12.7 Å². The third kappa shape index (κ3) is 4.55. The van der Waals surface area contributed by atoms with E-state index < -0.39 is 30.4 Å². The molecular formula is C16H12F4N2O2.